The van der Waals surface area contributed by atoms with E-state index in [0.29, 0.717) is 32.2 Å². The number of hydrogen-bond acceptors (Lipinski definition) is 4. The summed E-state index contributed by atoms with van der Waals surface area (Å²) in [6.07, 6.45) is 6.61. The second-order valence-electron chi connectivity index (χ2n) is 4.93. The highest BCUT2D eigenvalue weighted by Gasteiger charge is 2.17. The molecule has 0 saturated heterocycles. The van der Waals surface area contributed by atoms with Gasteiger partial charge in [-0.05, 0) is 19.3 Å². The molecule has 7 heteroatoms. The lowest BCUT2D eigenvalue weighted by molar-refractivity contribution is 0.0319. The summed E-state index contributed by atoms with van der Waals surface area (Å²) in [6.45, 7) is 1.01. The van der Waals surface area contributed by atoms with Gasteiger partial charge >= 0.3 is 0 Å². The number of nitrogens with zero attached hydrogens (tertiary/aromatic N) is 1. The van der Waals surface area contributed by atoms with Crippen molar-refractivity contribution in [3.63, 3.8) is 0 Å². The molecule has 0 heterocycles. The topological polar surface area (TPSA) is 78.9 Å². The van der Waals surface area contributed by atoms with Gasteiger partial charge in [0.15, 0.2) is 0 Å². The summed E-state index contributed by atoms with van der Waals surface area (Å²) < 4.78 is 32.9. The van der Waals surface area contributed by atoms with Crippen molar-refractivity contribution in [2.45, 2.75) is 44.6 Å². The van der Waals surface area contributed by atoms with Crippen LogP contribution in [-0.2, 0) is 14.9 Å². The fraction of sp³-hybridized carbons (Fsp3) is 1.00. The Morgan fingerprint density at radius 3 is 2.63 bits per heavy atom. The molecule has 0 spiro atoms. The summed E-state index contributed by atoms with van der Waals surface area (Å²) in [6, 6.07) is 0. The summed E-state index contributed by atoms with van der Waals surface area (Å²) >= 11 is 0. The molecule has 0 aromatic carbocycles. The van der Waals surface area contributed by atoms with Crippen LogP contribution in [0, 0.1) is 0 Å². The lowest BCUT2D eigenvalue weighted by Crippen LogP contribution is -2.40. The highest BCUT2D eigenvalue weighted by molar-refractivity contribution is 7.87. The zero-order valence-corrected chi connectivity index (χ0v) is 12.5. The number of aliphatic hydroxyl groups excluding tert-OH is 1. The molecule has 0 aromatic heterocycles. The molecule has 0 bridgehead atoms. The molecule has 6 nitrogen and oxygen atoms in total. The summed E-state index contributed by atoms with van der Waals surface area (Å²) in [5.74, 6) is 0. The lowest BCUT2D eigenvalue weighted by Gasteiger charge is -2.22. The minimum atomic E-state index is -3.44. The van der Waals surface area contributed by atoms with Gasteiger partial charge in [-0.1, -0.05) is 19.3 Å². The van der Waals surface area contributed by atoms with E-state index in [-0.39, 0.29) is 6.61 Å². The Kier molecular flexibility index (Phi) is 7.86. The molecule has 0 aromatic rings. The van der Waals surface area contributed by atoms with Crippen molar-refractivity contribution in [1.29, 1.82) is 0 Å². The highest BCUT2D eigenvalue weighted by Crippen LogP contribution is 2.19. The normalized spacial score (nSPS) is 18.1. The quantitative estimate of drug-likeness (QED) is 0.606. The van der Waals surface area contributed by atoms with Crippen molar-refractivity contribution >= 4 is 10.2 Å². The maximum Gasteiger partial charge on any atom is 0.279 e. The third-order valence-electron chi connectivity index (χ3n) is 3.33. The molecule has 0 amide bonds. The monoisotopic (exact) mass is 294 g/mol. The Balaban J connectivity index is 2.16. The highest BCUT2D eigenvalue weighted by atomic mass is 32.2. The molecule has 1 aliphatic carbocycles. The molecule has 0 aliphatic heterocycles. The molecule has 1 aliphatic rings. The molecule has 19 heavy (non-hydrogen) atoms. The molecule has 1 rings (SSSR count). The van der Waals surface area contributed by atoms with Gasteiger partial charge in [0, 0.05) is 26.7 Å². The average molecular weight is 294 g/mol. The molecule has 2 N–H and O–H groups in total. The Bertz CT molecular complexity index is 329. The van der Waals surface area contributed by atoms with Crippen LogP contribution in [-0.4, -0.2) is 57.3 Å². The van der Waals surface area contributed by atoms with Crippen LogP contribution < -0.4 is 4.72 Å². The van der Waals surface area contributed by atoms with Crippen LogP contribution in [0.25, 0.3) is 0 Å². The van der Waals surface area contributed by atoms with Crippen LogP contribution in [0.1, 0.15) is 38.5 Å². The van der Waals surface area contributed by atoms with E-state index in [1.807, 2.05) is 0 Å². The number of hydrogen-bond donors (Lipinski definition) is 2. The van der Waals surface area contributed by atoms with Gasteiger partial charge in [-0.3, -0.25) is 0 Å². The maximum atomic E-state index is 11.8. The molecule has 1 fully saturated rings. The van der Waals surface area contributed by atoms with Crippen LogP contribution in [0.4, 0.5) is 0 Å². The van der Waals surface area contributed by atoms with Crippen molar-refractivity contribution < 1.29 is 18.3 Å². The molecule has 1 saturated carbocycles. The first-order chi connectivity index (χ1) is 9.06. The molecule has 0 atom stereocenters. The van der Waals surface area contributed by atoms with Crippen molar-refractivity contribution in [2.24, 2.45) is 0 Å². The van der Waals surface area contributed by atoms with Gasteiger partial charge in [0.05, 0.1) is 12.7 Å². The third-order valence-corrected chi connectivity index (χ3v) is 4.91. The molecule has 0 radical (unpaired) electrons. The Morgan fingerprint density at radius 1 is 1.32 bits per heavy atom. The second-order valence-corrected chi connectivity index (χ2v) is 6.79. The number of rotatable bonds is 9. The minimum Gasteiger partial charge on any atom is -0.396 e. The summed E-state index contributed by atoms with van der Waals surface area (Å²) in [5, 5.41) is 8.68. The minimum absolute atomic E-state index is 0.00927. The van der Waals surface area contributed by atoms with Crippen molar-refractivity contribution in [1.82, 2.24) is 9.03 Å². The van der Waals surface area contributed by atoms with Crippen LogP contribution in [0.5, 0.6) is 0 Å². The molecular formula is C12H26N2O4S. The van der Waals surface area contributed by atoms with E-state index in [1.165, 1.54) is 30.6 Å². The van der Waals surface area contributed by atoms with Gasteiger partial charge in [-0.15, -0.1) is 0 Å². The fourth-order valence-electron chi connectivity index (χ4n) is 2.15. The lowest BCUT2D eigenvalue weighted by atomic mass is 9.98. The molecule has 0 unspecified atom stereocenters. The van der Waals surface area contributed by atoms with Crippen molar-refractivity contribution in [3.8, 4) is 0 Å². The first-order valence-electron chi connectivity index (χ1n) is 6.99. The SMILES string of the molecule is CN(CCCO)S(=O)(=O)NCCOC1CCCCC1. The van der Waals surface area contributed by atoms with E-state index >= 15 is 0 Å². The fourth-order valence-corrected chi connectivity index (χ4v) is 3.08. The largest absolute Gasteiger partial charge is 0.396 e. The first kappa shape index (κ1) is 16.8. The summed E-state index contributed by atoms with van der Waals surface area (Å²) in [4.78, 5) is 0. The van der Waals surface area contributed by atoms with Gasteiger partial charge in [0.25, 0.3) is 10.2 Å². The predicted octanol–water partition coefficient (Wildman–Crippen LogP) is 0.484. The second kappa shape index (κ2) is 8.86. The number of nitrogens with one attached hydrogen (secondary N) is 1. The van der Waals surface area contributed by atoms with Gasteiger partial charge in [0.1, 0.15) is 0 Å². The van der Waals surface area contributed by atoms with Crippen molar-refractivity contribution in [2.75, 3.05) is 33.4 Å². The first-order valence-corrected chi connectivity index (χ1v) is 8.43. The van der Waals surface area contributed by atoms with E-state index in [2.05, 4.69) is 4.72 Å². The Hall–Kier alpha value is -0.210. The third kappa shape index (κ3) is 6.67. The van der Waals surface area contributed by atoms with Crippen molar-refractivity contribution in [3.05, 3.63) is 0 Å². The zero-order chi connectivity index (χ0) is 14.1. The maximum absolute atomic E-state index is 11.8. The van der Waals surface area contributed by atoms with E-state index in [0.717, 1.165) is 12.8 Å². The van der Waals surface area contributed by atoms with E-state index in [1.54, 1.807) is 0 Å². The van der Waals surface area contributed by atoms with Gasteiger partial charge in [0.2, 0.25) is 0 Å². The summed E-state index contributed by atoms with van der Waals surface area (Å²) in [5.41, 5.74) is 0. The van der Waals surface area contributed by atoms with Gasteiger partial charge < -0.3 is 9.84 Å². The zero-order valence-electron chi connectivity index (χ0n) is 11.7. The van der Waals surface area contributed by atoms with E-state index in [9.17, 15) is 8.42 Å². The van der Waals surface area contributed by atoms with Crippen LogP contribution in [0.2, 0.25) is 0 Å². The predicted molar refractivity (Wildman–Crippen MR) is 74.1 cm³/mol. The number of aliphatic hydroxyl groups is 1. The standard InChI is InChI=1S/C12H26N2O4S/c1-14(9-5-10-15)19(16,17)13-8-11-18-12-6-3-2-4-7-12/h12-13,15H,2-11H2,1H3. The Morgan fingerprint density at radius 2 is 2.00 bits per heavy atom. The van der Waals surface area contributed by atoms with E-state index < -0.39 is 10.2 Å². The number of ether oxygens (including phenoxy) is 1. The smallest absolute Gasteiger partial charge is 0.279 e. The van der Waals surface area contributed by atoms with Crippen LogP contribution in [0.3, 0.4) is 0 Å². The molecule has 114 valence electrons. The summed E-state index contributed by atoms with van der Waals surface area (Å²) in [7, 11) is -1.94. The van der Waals surface area contributed by atoms with Gasteiger partial charge in [-0.25, -0.2) is 0 Å². The average Bonchev–Trinajstić information content (AvgIpc) is 2.42. The Labute approximate surface area is 116 Å². The van der Waals surface area contributed by atoms with Crippen LogP contribution in [0.15, 0.2) is 0 Å². The molecular weight excluding hydrogens is 268 g/mol. The van der Waals surface area contributed by atoms with Crippen LogP contribution >= 0.6 is 0 Å². The van der Waals surface area contributed by atoms with Gasteiger partial charge in [-0.2, -0.15) is 17.4 Å². The van der Waals surface area contributed by atoms with E-state index in [4.69, 9.17) is 9.84 Å².